The second-order valence-corrected chi connectivity index (χ2v) is 11.3. The molecule has 0 radical (unpaired) electrons. The van der Waals surface area contributed by atoms with E-state index >= 15 is 0 Å². The second-order valence-electron chi connectivity index (χ2n) is 9.47. The highest BCUT2D eigenvalue weighted by molar-refractivity contribution is 7.88. The summed E-state index contributed by atoms with van der Waals surface area (Å²) in [5, 5.41) is 0. The molecule has 182 valence electrons. The topological polar surface area (TPSA) is 102 Å². The fourth-order valence-electron chi connectivity index (χ4n) is 5.36. The lowest BCUT2D eigenvalue weighted by Gasteiger charge is -2.42. The number of cyclic esters (lactones) is 1. The number of benzene rings is 1. The third-order valence-corrected chi connectivity index (χ3v) is 7.77. The third-order valence-electron chi connectivity index (χ3n) is 7.04. The van der Waals surface area contributed by atoms with Gasteiger partial charge in [0.05, 0.1) is 25.0 Å². The summed E-state index contributed by atoms with van der Waals surface area (Å²) in [4.78, 5) is 26.3. The average molecular weight is 479 g/mol. The van der Waals surface area contributed by atoms with Crippen molar-refractivity contribution in [3.63, 3.8) is 0 Å². The highest BCUT2D eigenvalue weighted by atomic mass is 32.2. The normalized spacial score (nSPS) is 30.8. The van der Waals surface area contributed by atoms with Crippen LogP contribution in [0, 0.1) is 0 Å². The quantitative estimate of drug-likeness (QED) is 0.604. The van der Waals surface area contributed by atoms with Crippen molar-refractivity contribution in [3.05, 3.63) is 35.9 Å². The van der Waals surface area contributed by atoms with Crippen molar-refractivity contribution < 1.29 is 27.5 Å². The monoisotopic (exact) mass is 478 g/mol. The van der Waals surface area contributed by atoms with Gasteiger partial charge in [-0.05, 0) is 50.0 Å². The number of likely N-dealkylation sites (tertiary alicyclic amines) is 1. The molecule has 1 aromatic carbocycles. The van der Waals surface area contributed by atoms with Crippen LogP contribution in [-0.4, -0.2) is 68.9 Å². The first-order valence-corrected chi connectivity index (χ1v) is 13.8. The molecule has 1 aliphatic carbocycles. The van der Waals surface area contributed by atoms with Crippen LogP contribution in [0.2, 0.25) is 0 Å². The number of carbonyl (C=O) groups excluding carboxylic acids is 2. The zero-order valence-corrected chi connectivity index (χ0v) is 20.0. The zero-order chi connectivity index (χ0) is 23.4. The number of piperidine rings is 1. The van der Waals surface area contributed by atoms with Gasteiger partial charge in [0.1, 0.15) is 0 Å². The minimum Gasteiger partial charge on any atom is -0.452 e. The smallest absolute Gasteiger partial charge is 0.306 e. The zero-order valence-electron chi connectivity index (χ0n) is 19.1. The second kappa shape index (κ2) is 10.5. The number of nitrogens with zero attached hydrogens (tertiary/aromatic N) is 1. The Morgan fingerprint density at radius 1 is 1.12 bits per heavy atom. The van der Waals surface area contributed by atoms with Crippen LogP contribution in [0.3, 0.4) is 0 Å². The molecule has 2 saturated heterocycles. The standard InChI is InChI=1S/C24H34N2O6S/c1-33(29,30)25-20-8-5-15-26(24(28)22-13-14-23(27)32-22)21(20)16-31-19-11-9-18(10-12-19)17-6-3-2-4-7-17/h2-4,6-7,18-22,25H,5,8-16H2,1H3/t18-,19+,20-,21-,22+/m0/s1. The maximum atomic E-state index is 13.1. The summed E-state index contributed by atoms with van der Waals surface area (Å²) >= 11 is 0. The number of rotatable bonds is 7. The molecule has 3 aliphatic rings. The van der Waals surface area contributed by atoms with E-state index in [0.717, 1.165) is 31.9 Å². The lowest BCUT2D eigenvalue weighted by atomic mass is 9.83. The Labute approximate surface area is 196 Å². The van der Waals surface area contributed by atoms with Gasteiger partial charge in [0, 0.05) is 25.4 Å². The van der Waals surface area contributed by atoms with Gasteiger partial charge in [-0.25, -0.2) is 13.1 Å². The van der Waals surface area contributed by atoms with Crippen molar-refractivity contribution in [2.75, 3.05) is 19.4 Å². The predicted octanol–water partition coefficient (Wildman–Crippen LogP) is 2.34. The van der Waals surface area contributed by atoms with E-state index in [1.165, 1.54) is 5.56 Å². The van der Waals surface area contributed by atoms with Gasteiger partial charge in [0.2, 0.25) is 10.0 Å². The van der Waals surface area contributed by atoms with Crippen LogP contribution in [0.25, 0.3) is 0 Å². The maximum absolute atomic E-state index is 13.1. The van der Waals surface area contributed by atoms with Gasteiger partial charge in [0.15, 0.2) is 6.10 Å². The van der Waals surface area contributed by atoms with Gasteiger partial charge >= 0.3 is 5.97 Å². The molecule has 2 aliphatic heterocycles. The molecule has 0 unspecified atom stereocenters. The van der Waals surface area contributed by atoms with Crippen LogP contribution in [-0.2, 0) is 29.1 Å². The van der Waals surface area contributed by atoms with Crippen LogP contribution in [0.1, 0.15) is 62.8 Å². The minimum atomic E-state index is -3.44. The van der Waals surface area contributed by atoms with Crippen molar-refractivity contribution in [3.8, 4) is 0 Å². The summed E-state index contributed by atoms with van der Waals surface area (Å²) in [6.45, 7) is 0.768. The largest absolute Gasteiger partial charge is 0.452 e. The Balaban J connectivity index is 1.39. The van der Waals surface area contributed by atoms with Gasteiger partial charge < -0.3 is 14.4 Å². The number of sulfonamides is 1. The number of esters is 1. The number of amides is 1. The summed E-state index contributed by atoms with van der Waals surface area (Å²) in [5.74, 6) is -0.0723. The summed E-state index contributed by atoms with van der Waals surface area (Å²) in [5.41, 5.74) is 1.36. The molecule has 1 N–H and O–H groups in total. The number of hydrogen-bond donors (Lipinski definition) is 1. The summed E-state index contributed by atoms with van der Waals surface area (Å²) in [6, 6.07) is 9.68. The van der Waals surface area contributed by atoms with Crippen molar-refractivity contribution in [1.29, 1.82) is 0 Å². The number of nitrogens with one attached hydrogen (secondary N) is 1. The van der Waals surface area contributed by atoms with E-state index in [4.69, 9.17) is 9.47 Å². The van der Waals surface area contributed by atoms with Crippen LogP contribution < -0.4 is 4.72 Å². The van der Waals surface area contributed by atoms with E-state index in [1.807, 2.05) is 6.07 Å². The van der Waals surface area contributed by atoms with Crippen molar-refractivity contribution >= 4 is 21.9 Å². The Kier molecular flexibility index (Phi) is 7.71. The van der Waals surface area contributed by atoms with Gasteiger partial charge in [-0.3, -0.25) is 9.59 Å². The average Bonchev–Trinajstić information content (AvgIpc) is 3.24. The molecule has 3 fully saturated rings. The molecule has 9 heteroatoms. The van der Waals surface area contributed by atoms with Crippen molar-refractivity contribution in [2.24, 2.45) is 0 Å². The van der Waals surface area contributed by atoms with E-state index in [9.17, 15) is 18.0 Å². The third kappa shape index (κ3) is 6.33. The first-order valence-electron chi connectivity index (χ1n) is 11.9. The number of ether oxygens (including phenoxy) is 2. The lowest BCUT2D eigenvalue weighted by molar-refractivity contribution is -0.157. The molecule has 0 spiro atoms. The Bertz CT molecular complexity index is 930. The highest BCUT2D eigenvalue weighted by Crippen LogP contribution is 2.34. The fraction of sp³-hybridized carbons (Fsp3) is 0.667. The van der Waals surface area contributed by atoms with Crippen LogP contribution in [0.4, 0.5) is 0 Å². The van der Waals surface area contributed by atoms with E-state index in [0.29, 0.717) is 31.7 Å². The molecular weight excluding hydrogens is 444 g/mol. The first-order chi connectivity index (χ1) is 15.8. The van der Waals surface area contributed by atoms with Gasteiger partial charge in [-0.1, -0.05) is 30.3 Å². The Morgan fingerprint density at radius 3 is 2.48 bits per heavy atom. The van der Waals surface area contributed by atoms with Crippen molar-refractivity contribution in [2.45, 2.75) is 81.6 Å². The number of carbonyl (C=O) groups is 2. The molecule has 1 saturated carbocycles. The predicted molar refractivity (Wildman–Crippen MR) is 123 cm³/mol. The Morgan fingerprint density at radius 2 is 1.85 bits per heavy atom. The van der Waals surface area contributed by atoms with E-state index < -0.39 is 28.2 Å². The first kappa shape index (κ1) is 24.2. The molecule has 8 nitrogen and oxygen atoms in total. The molecule has 0 bridgehead atoms. The van der Waals surface area contributed by atoms with E-state index in [-0.39, 0.29) is 31.0 Å². The molecule has 3 atom stereocenters. The molecular formula is C24H34N2O6S. The van der Waals surface area contributed by atoms with Gasteiger partial charge in [0.25, 0.3) is 5.91 Å². The molecule has 2 heterocycles. The summed E-state index contributed by atoms with van der Waals surface area (Å²) in [6.07, 6.45) is 6.33. The van der Waals surface area contributed by atoms with Gasteiger partial charge in [-0.15, -0.1) is 0 Å². The molecule has 0 aromatic heterocycles. The lowest BCUT2D eigenvalue weighted by Crippen LogP contribution is -2.60. The highest BCUT2D eigenvalue weighted by Gasteiger charge is 2.41. The SMILES string of the molecule is CS(=O)(=O)N[C@H]1CCCN(C(=O)[C@H]2CCC(=O)O2)[C@H]1CO[C@H]1CC[C@@H](c2ccccc2)CC1. The van der Waals surface area contributed by atoms with Crippen LogP contribution in [0.5, 0.6) is 0 Å². The van der Waals surface area contributed by atoms with E-state index in [1.54, 1.807) is 4.90 Å². The van der Waals surface area contributed by atoms with Crippen LogP contribution >= 0.6 is 0 Å². The molecule has 1 aromatic rings. The summed E-state index contributed by atoms with van der Waals surface area (Å²) in [7, 11) is -3.44. The molecule has 4 rings (SSSR count). The number of hydrogen-bond acceptors (Lipinski definition) is 6. The van der Waals surface area contributed by atoms with Crippen molar-refractivity contribution in [1.82, 2.24) is 9.62 Å². The summed E-state index contributed by atoms with van der Waals surface area (Å²) < 4.78 is 38.1. The molecule has 1 amide bonds. The van der Waals surface area contributed by atoms with E-state index in [2.05, 4.69) is 29.0 Å². The Hall–Kier alpha value is -1.97. The minimum absolute atomic E-state index is 0.0898. The maximum Gasteiger partial charge on any atom is 0.306 e. The van der Waals surface area contributed by atoms with Gasteiger partial charge in [-0.2, -0.15) is 0 Å². The molecule has 33 heavy (non-hydrogen) atoms. The fourth-order valence-corrected chi connectivity index (χ4v) is 6.18. The van der Waals surface area contributed by atoms with Crippen LogP contribution in [0.15, 0.2) is 30.3 Å².